The van der Waals surface area contributed by atoms with Crippen LogP contribution >= 0.6 is 24.8 Å². The Balaban J connectivity index is 0.00000156. The van der Waals surface area contributed by atoms with Gasteiger partial charge >= 0.3 is 0 Å². The number of carbonyl (C=O) groups excluding carboxylic acids is 1. The van der Waals surface area contributed by atoms with E-state index in [1.807, 2.05) is 6.07 Å². The Morgan fingerprint density at radius 1 is 1.28 bits per heavy atom. The number of benzene rings is 1. The molecule has 25 heavy (non-hydrogen) atoms. The van der Waals surface area contributed by atoms with Crippen LogP contribution in [0, 0.1) is 5.92 Å². The van der Waals surface area contributed by atoms with E-state index in [9.17, 15) is 4.79 Å². The van der Waals surface area contributed by atoms with E-state index in [0.29, 0.717) is 18.9 Å². The SMILES string of the molecule is Cl.Cl.O=C(CC1CCNC1)NCC1CN(Cc2ccccc2)CCO1. The van der Waals surface area contributed by atoms with Gasteiger partial charge in [0.15, 0.2) is 0 Å². The van der Waals surface area contributed by atoms with Gasteiger partial charge in [-0.1, -0.05) is 30.3 Å². The molecule has 2 unspecified atom stereocenters. The van der Waals surface area contributed by atoms with E-state index in [0.717, 1.165) is 45.8 Å². The summed E-state index contributed by atoms with van der Waals surface area (Å²) < 4.78 is 5.80. The van der Waals surface area contributed by atoms with Crippen molar-refractivity contribution in [1.29, 1.82) is 0 Å². The standard InChI is InChI=1S/C18H27N3O2.2ClH/c22-18(10-16-6-7-19-11-16)20-12-17-14-21(8-9-23-17)13-15-4-2-1-3-5-15;;/h1-5,16-17,19H,6-14H2,(H,20,22);2*1H. The Labute approximate surface area is 162 Å². The first-order valence-corrected chi connectivity index (χ1v) is 8.65. The zero-order chi connectivity index (χ0) is 15.9. The van der Waals surface area contributed by atoms with Crippen molar-refractivity contribution in [3.8, 4) is 0 Å². The van der Waals surface area contributed by atoms with Crippen molar-refractivity contribution in [3.05, 3.63) is 35.9 Å². The van der Waals surface area contributed by atoms with E-state index in [1.54, 1.807) is 0 Å². The van der Waals surface area contributed by atoms with Crippen molar-refractivity contribution in [3.63, 3.8) is 0 Å². The maximum atomic E-state index is 12.0. The summed E-state index contributed by atoms with van der Waals surface area (Å²) >= 11 is 0. The Morgan fingerprint density at radius 3 is 2.80 bits per heavy atom. The van der Waals surface area contributed by atoms with E-state index in [1.165, 1.54) is 5.56 Å². The first-order valence-electron chi connectivity index (χ1n) is 8.65. The molecule has 1 aromatic carbocycles. The summed E-state index contributed by atoms with van der Waals surface area (Å²) in [7, 11) is 0. The summed E-state index contributed by atoms with van der Waals surface area (Å²) in [6, 6.07) is 10.5. The normalized spacial score (nSPS) is 23.4. The zero-order valence-electron chi connectivity index (χ0n) is 14.5. The summed E-state index contributed by atoms with van der Waals surface area (Å²) in [5.41, 5.74) is 1.32. The fourth-order valence-electron chi connectivity index (χ4n) is 3.34. The predicted molar refractivity (Wildman–Crippen MR) is 105 cm³/mol. The maximum Gasteiger partial charge on any atom is 0.220 e. The molecule has 0 bridgehead atoms. The second kappa shape index (κ2) is 11.7. The Hall–Kier alpha value is -0.850. The Morgan fingerprint density at radius 2 is 2.08 bits per heavy atom. The van der Waals surface area contributed by atoms with Crippen molar-refractivity contribution in [1.82, 2.24) is 15.5 Å². The summed E-state index contributed by atoms with van der Waals surface area (Å²) in [5, 5.41) is 6.35. The molecular formula is C18H29Cl2N3O2. The second-order valence-electron chi connectivity index (χ2n) is 6.58. The highest BCUT2D eigenvalue weighted by Crippen LogP contribution is 2.12. The largest absolute Gasteiger partial charge is 0.374 e. The van der Waals surface area contributed by atoms with Gasteiger partial charge in [-0.2, -0.15) is 0 Å². The number of hydrogen-bond acceptors (Lipinski definition) is 4. The smallest absolute Gasteiger partial charge is 0.220 e. The third-order valence-electron chi connectivity index (χ3n) is 4.64. The lowest BCUT2D eigenvalue weighted by molar-refractivity contribution is -0.123. The molecule has 0 radical (unpaired) electrons. The van der Waals surface area contributed by atoms with E-state index in [-0.39, 0.29) is 36.8 Å². The van der Waals surface area contributed by atoms with Crippen molar-refractivity contribution in [2.45, 2.75) is 25.5 Å². The number of amides is 1. The van der Waals surface area contributed by atoms with Gasteiger partial charge < -0.3 is 15.4 Å². The number of nitrogens with zero attached hydrogens (tertiary/aromatic N) is 1. The molecule has 2 aliphatic rings. The quantitative estimate of drug-likeness (QED) is 0.779. The Kier molecular flexibility index (Phi) is 10.4. The van der Waals surface area contributed by atoms with Crippen LogP contribution in [0.15, 0.2) is 30.3 Å². The van der Waals surface area contributed by atoms with E-state index in [2.05, 4.69) is 39.8 Å². The van der Waals surface area contributed by atoms with Gasteiger partial charge in [0.1, 0.15) is 0 Å². The molecule has 0 spiro atoms. The van der Waals surface area contributed by atoms with Crippen molar-refractivity contribution >= 4 is 30.7 Å². The maximum absolute atomic E-state index is 12.0. The van der Waals surface area contributed by atoms with Gasteiger partial charge in [0.2, 0.25) is 5.91 Å². The molecule has 1 amide bonds. The molecule has 2 heterocycles. The molecule has 2 atom stereocenters. The highest BCUT2D eigenvalue weighted by atomic mass is 35.5. The molecular weight excluding hydrogens is 361 g/mol. The molecule has 0 saturated carbocycles. The van der Waals surface area contributed by atoms with Crippen molar-refractivity contribution < 1.29 is 9.53 Å². The van der Waals surface area contributed by atoms with Gasteiger partial charge in [-0.15, -0.1) is 24.8 Å². The van der Waals surface area contributed by atoms with Crippen molar-refractivity contribution in [2.24, 2.45) is 5.92 Å². The first-order chi connectivity index (χ1) is 11.3. The van der Waals surface area contributed by atoms with E-state index < -0.39 is 0 Å². The summed E-state index contributed by atoms with van der Waals surface area (Å²) in [5.74, 6) is 0.652. The fraction of sp³-hybridized carbons (Fsp3) is 0.611. The van der Waals surface area contributed by atoms with Gasteiger partial charge in [0.25, 0.3) is 0 Å². The minimum Gasteiger partial charge on any atom is -0.374 e. The van der Waals surface area contributed by atoms with Crippen LogP contribution in [0.1, 0.15) is 18.4 Å². The number of ether oxygens (including phenoxy) is 1. The monoisotopic (exact) mass is 389 g/mol. The molecule has 1 aromatic rings. The van der Waals surface area contributed by atoms with Gasteiger partial charge in [-0.25, -0.2) is 0 Å². The number of carbonyl (C=O) groups is 1. The number of hydrogen-bond donors (Lipinski definition) is 2. The fourth-order valence-corrected chi connectivity index (χ4v) is 3.34. The lowest BCUT2D eigenvalue weighted by Gasteiger charge is -2.33. The van der Waals surface area contributed by atoms with Crippen LogP contribution in [0.3, 0.4) is 0 Å². The number of morpholine rings is 1. The highest BCUT2D eigenvalue weighted by Gasteiger charge is 2.22. The summed E-state index contributed by atoms with van der Waals surface area (Å²) in [4.78, 5) is 14.4. The third kappa shape index (κ3) is 7.50. The predicted octanol–water partition coefficient (Wildman–Crippen LogP) is 1.85. The van der Waals surface area contributed by atoms with Crippen LogP contribution in [0.25, 0.3) is 0 Å². The van der Waals surface area contributed by atoms with E-state index in [4.69, 9.17) is 4.74 Å². The lowest BCUT2D eigenvalue weighted by atomic mass is 10.0. The van der Waals surface area contributed by atoms with Gasteiger partial charge in [0, 0.05) is 32.6 Å². The zero-order valence-corrected chi connectivity index (χ0v) is 16.1. The summed E-state index contributed by atoms with van der Waals surface area (Å²) in [6.07, 6.45) is 1.84. The third-order valence-corrected chi connectivity index (χ3v) is 4.64. The molecule has 5 nitrogen and oxygen atoms in total. The molecule has 0 aromatic heterocycles. The number of halogens is 2. The van der Waals surface area contributed by atoms with Crippen LogP contribution in [0.2, 0.25) is 0 Å². The molecule has 7 heteroatoms. The average molecular weight is 390 g/mol. The minimum absolute atomic E-state index is 0. The number of nitrogens with one attached hydrogen (secondary N) is 2. The van der Waals surface area contributed by atoms with Gasteiger partial charge in [-0.3, -0.25) is 9.69 Å². The van der Waals surface area contributed by atoms with Gasteiger partial charge in [0.05, 0.1) is 12.7 Å². The first kappa shape index (κ1) is 22.2. The second-order valence-corrected chi connectivity index (χ2v) is 6.58. The van der Waals surface area contributed by atoms with E-state index >= 15 is 0 Å². The lowest BCUT2D eigenvalue weighted by Crippen LogP contribution is -2.47. The van der Waals surface area contributed by atoms with Crippen LogP contribution in [-0.2, 0) is 16.1 Å². The molecule has 0 aliphatic carbocycles. The Bertz CT molecular complexity index is 498. The topological polar surface area (TPSA) is 53.6 Å². The summed E-state index contributed by atoms with van der Waals surface area (Å²) in [6.45, 7) is 6.14. The van der Waals surface area contributed by atoms with Gasteiger partial charge in [-0.05, 0) is 31.0 Å². The highest BCUT2D eigenvalue weighted by molar-refractivity contribution is 5.85. The van der Waals surface area contributed by atoms with Crippen LogP contribution in [0.4, 0.5) is 0 Å². The molecule has 2 saturated heterocycles. The van der Waals surface area contributed by atoms with Crippen LogP contribution in [0.5, 0.6) is 0 Å². The molecule has 2 aliphatic heterocycles. The molecule has 142 valence electrons. The van der Waals surface area contributed by atoms with Crippen LogP contribution < -0.4 is 10.6 Å². The van der Waals surface area contributed by atoms with Crippen LogP contribution in [-0.4, -0.2) is 56.2 Å². The minimum atomic E-state index is 0. The number of rotatable bonds is 6. The average Bonchev–Trinajstić information content (AvgIpc) is 3.07. The molecule has 2 N–H and O–H groups in total. The van der Waals surface area contributed by atoms with Crippen molar-refractivity contribution in [2.75, 3.05) is 39.3 Å². The molecule has 2 fully saturated rings. The molecule has 3 rings (SSSR count).